The Morgan fingerprint density at radius 3 is 2.43 bits per heavy atom. The molecule has 0 bridgehead atoms. The summed E-state index contributed by atoms with van der Waals surface area (Å²) in [6.07, 6.45) is 2.20. The summed E-state index contributed by atoms with van der Waals surface area (Å²) >= 11 is 0. The molecule has 1 aromatic rings. The minimum Gasteiger partial charge on any atom is -0.480 e. The first-order chi connectivity index (χ1) is 10.8. The molecule has 1 aromatic heterocycles. The van der Waals surface area contributed by atoms with Gasteiger partial charge in [-0.05, 0) is 13.0 Å². The lowest BCUT2D eigenvalue weighted by Crippen LogP contribution is -2.44. The first kappa shape index (κ1) is 19.4. The Bertz CT molecular complexity index is 475. The average Bonchev–Trinajstić information content (AvgIpc) is 2.58. The third-order valence-corrected chi connectivity index (χ3v) is 3.54. The molecule has 0 aliphatic carbocycles. The smallest absolute Gasteiger partial charge is 0.262 e. The molecule has 2 rings (SSSR count). The standard InChI is InChI=1S/C14H23N5O3.ClH/c1-21-13-11(14(22-2)18-10-17-13)12(20)16-4-3-7-19-8-5-15-6-9-19;/h10,15H,3-9H2,1-2H3,(H,16,20);1H. The SMILES string of the molecule is COc1ncnc(OC)c1C(=O)NCCCN1CCNCC1.Cl. The predicted octanol–water partition coefficient (Wildman–Crippen LogP) is -0.0593. The second-order valence-electron chi connectivity index (χ2n) is 4.97. The molecule has 0 radical (unpaired) electrons. The van der Waals surface area contributed by atoms with Crippen molar-refractivity contribution in [2.45, 2.75) is 6.42 Å². The molecule has 0 aromatic carbocycles. The molecule has 0 saturated carbocycles. The summed E-state index contributed by atoms with van der Waals surface area (Å²) < 4.78 is 10.2. The minimum atomic E-state index is -0.283. The third-order valence-electron chi connectivity index (χ3n) is 3.54. The number of rotatable bonds is 7. The fraction of sp³-hybridized carbons (Fsp3) is 0.643. The van der Waals surface area contributed by atoms with Gasteiger partial charge in [0, 0.05) is 32.7 Å². The van der Waals surface area contributed by atoms with Crippen molar-refractivity contribution in [1.29, 1.82) is 0 Å². The molecule has 2 N–H and O–H groups in total. The van der Waals surface area contributed by atoms with Crippen LogP contribution >= 0.6 is 12.4 Å². The van der Waals surface area contributed by atoms with E-state index in [4.69, 9.17) is 9.47 Å². The summed E-state index contributed by atoms with van der Waals surface area (Å²) in [4.78, 5) is 22.5. The maximum Gasteiger partial charge on any atom is 0.262 e. The fourth-order valence-electron chi connectivity index (χ4n) is 2.39. The van der Waals surface area contributed by atoms with E-state index in [0.717, 1.165) is 39.1 Å². The molecule has 1 saturated heterocycles. The topological polar surface area (TPSA) is 88.6 Å². The van der Waals surface area contributed by atoms with Crippen LogP contribution in [-0.2, 0) is 0 Å². The first-order valence-electron chi connectivity index (χ1n) is 7.40. The monoisotopic (exact) mass is 345 g/mol. The first-order valence-corrected chi connectivity index (χ1v) is 7.40. The molecule has 23 heavy (non-hydrogen) atoms. The Balaban J connectivity index is 0.00000264. The van der Waals surface area contributed by atoms with Gasteiger partial charge in [0.1, 0.15) is 6.33 Å². The highest BCUT2D eigenvalue weighted by atomic mass is 35.5. The van der Waals surface area contributed by atoms with Crippen LogP contribution in [-0.4, -0.2) is 74.3 Å². The number of hydrogen-bond donors (Lipinski definition) is 2. The summed E-state index contributed by atoms with van der Waals surface area (Å²) in [5.74, 6) is 0.146. The largest absolute Gasteiger partial charge is 0.480 e. The minimum absolute atomic E-state index is 0. The Hall–Kier alpha value is -1.64. The number of nitrogens with one attached hydrogen (secondary N) is 2. The van der Waals surface area contributed by atoms with E-state index in [2.05, 4.69) is 25.5 Å². The molecule has 1 aliphatic heterocycles. The Labute approximate surface area is 142 Å². The predicted molar refractivity (Wildman–Crippen MR) is 88.6 cm³/mol. The van der Waals surface area contributed by atoms with Crippen LogP contribution < -0.4 is 20.1 Å². The number of piperazine rings is 1. The lowest BCUT2D eigenvalue weighted by Gasteiger charge is -2.27. The van der Waals surface area contributed by atoms with Gasteiger partial charge in [0.2, 0.25) is 11.8 Å². The van der Waals surface area contributed by atoms with Crippen molar-refractivity contribution < 1.29 is 14.3 Å². The van der Waals surface area contributed by atoms with Crippen LogP contribution in [0.25, 0.3) is 0 Å². The number of aromatic nitrogens is 2. The van der Waals surface area contributed by atoms with Gasteiger partial charge in [0.15, 0.2) is 5.56 Å². The van der Waals surface area contributed by atoms with Gasteiger partial charge < -0.3 is 25.0 Å². The molecule has 0 spiro atoms. The molecule has 1 fully saturated rings. The van der Waals surface area contributed by atoms with Crippen molar-refractivity contribution in [1.82, 2.24) is 25.5 Å². The van der Waals surface area contributed by atoms with E-state index < -0.39 is 0 Å². The van der Waals surface area contributed by atoms with Crippen molar-refractivity contribution in [3.63, 3.8) is 0 Å². The van der Waals surface area contributed by atoms with Crippen LogP contribution in [0.5, 0.6) is 11.8 Å². The van der Waals surface area contributed by atoms with E-state index in [1.54, 1.807) is 0 Å². The number of carbonyl (C=O) groups is 1. The normalized spacial score (nSPS) is 14.7. The molecule has 0 unspecified atom stereocenters. The zero-order valence-corrected chi connectivity index (χ0v) is 14.3. The van der Waals surface area contributed by atoms with E-state index >= 15 is 0 Å². The second-order valence-corrected chi connectivity index (χ2v) is 4.97. The summed E-state index contributed by atoms with van der Waals surface area (Å²) in [5, 5.41) is 6.18. The second kappa shape index (κ2) is 10.2. The van der Waals surface area contributed by atoms with Crippen molar-refractivity contribution >= 4 is 18.3 Å². The van der Waals surface area contributed by atoms with Crippen LogP contribution in [0.4, 0.5) is 0 Å². The molecule has 2 heterocycles. The summed E-state index contributed by atoms with van der Waals surface area (Å²) in [6, 6.07) is 0. The van der Waals surface area contributed by atoms with E-state index in [9.17, 15) is 4.79 Å². The molecule has 9 heteroatoms. The summed E-state index contributed by atoms with van der Waals surface area (Å²) in [6.45, 7) is 5.74. The molecule has 1 aliphatic rings. The van der Waals surface area contributed by atoms with Gasteiger partial charge in [-0.15, -0.1) is 12.4 Å². The quantitative estimate of drug-likeness (QED) is 0.669. The number of ether oxygens (including phenoxy) is 2. The zero-order chi connectivity index (χ0) is 15.8. The lowest BCUT2D eigenvalue weighted by molar-refractivity contribution is 0.0943. The highest BCUT2D eigenvalue weighted by Gasteiger charge is 2.20. The van der Waals surface area contributed by atoms with Crippen molar-refractivity contribution in [2.75, 3.05) is 53.5 Å². The van der Waals surface area contributed by atoms with E-state index in [1.165, 1.54) is 20.5 Å². The van der Waals surface area contributed by atoms with Crippen LogP contribution in [0.3, 0.4) is 0 Å². The Morgan fingerprint density at radius 2 is 1.87 bits per heavy atom. The number of carbonyl (C=O) groups excluding carboxylic acids is 1. The highest BCUT2D eigenvalue weighted by Crippen LogP contribution is 2.22. The average molecular weight is 346 g/mol. The van der Waals surface area contributed by atoms with Crippen molar-refractivity contribution in [2.24, 2.45) is 0 Å². The van der Waals surface area contributed by atoms with Crippen molar-refractivity contribution in [3.05, 3.63) is 11.9 Å². The van der Waals surface area contributed by atoms with E-state index in [0.29, 0.717) is 6.54 Å². The van der Waals surface area contributed by atoms with Gasteiger partial charge in [0.05, 0.1) is 14.2 Å². The van der Waals surface area contributed by atoms with Crippen LogP contribution in [0.15, 0.2) is 6.33 Å². The van der Waals surface area contributed by atoms with Gasteiger partial charge in [-0.1, -0.05) is 0 Å². The molecule has 0 atom stereocenters. The number of hydrogen-bond acceptors (Lipinski definition) is 7. The van der Waals surface area contributed by atoms with Crippen LogP contribution in [0, 0.1) is 0 Å². The van der Waals surface area contributed by atoms with Gasteiger partial charge in [-0.25, -0.2) is 9.97 Å². The number of methoxy groups -OCH3 is 2. The summed E-state index contributed by atoms with van der Waals surface area (Å²) in [5.41, 5.74) is 0.231. The highest BCUT2D eigenvalue weighted by molar-refractivity contribution is 5.98. The molecule has 8 nitrogen and oxygen atoms in total. The van der Waals surface area contributed by atoms with E-state index in [-0.39, 0.29) is 35.6 Å². The van der Waals surface area contributed by atoms with Crippen LogP contribution in [0.2, 0.25) is 0 Å². The zero-order valence-electron chi connectivity index (χ0n) is 13.5. The van der Waals surface area contributed by atoms with Gasteiger partial charge >= 0.3 is 0 Å². The molecule has 130 valence electrons. The van der Waals surface area contributed by atoms with Crippen molar-refractivity contribution in [3.8, 4) is 11.8 Å². The fourth-order valence-corrected chi connectivity index (χ4v) is 2.39. The maximum atomic E-state index is 12.3. The molecule has 1 amide bonds. The number of nitrogens with zero attached hydrogens (tertiary/aromatic N) is 3. The Kier molecular flexibility index (Phi) is 8.60. The van der Waals surface area contributed by atoms with Gasteiger partial charge in [-0.2, -0.15) is 0 Å². The van der Waals surface area contributed by atoms with Crippen LogP contribution in [0.1, 0.15) is 16.8 Å². The number of halogens is 1. The maximum absolute atomic E-state index is 12.3. The van der Waals surface area contributed by atoms with Gasteiger partial charge in [0.25, 0.3) is 5.91 Å². The number of amides is 1. The summed E-state index contributed by atoms with van der Waals surface area (Å²) in [7, 11) is 2.92. The third kappa shape index (κ3) is 5.49. The molecular formula is C14H24ClN5O3. The Morgan fingerprint density at radius 1 is 1.26 bits per heavy atom. The molecular weight excluding hydrogens is 322 g/mol. The van der Waals surface area contributed by atoms with E-state index in [1.807, 2.05) is 0 Å². The van der Waals surface area contributed by atoms with Gasteiger partial charge in [-0.3, -0.25) is 4.79 Å². The lowest BCUT2D eigenvalue weighted by atomic mass is 10.2.